The highest BCUT2D eigenvalue weighted by Gasteiger charge is 2.53. The van der Waals surface area contributed by atoms with Crippen LogP contribution in [0.1, 0.15) is 53.9 Å². The van der Waals surface area contributed by atoms with Crippen molar-refractivity contribution in [2.75, 3.05) is 32.7 Å². The van der Waals surface area contributed by atoms with E-state index >= 15 is 0 Å². The van der Waals surface area contributed by atoms with Crippen LogP contribution in [0.25, 0.3) is 0 Å². The molecule has 2 aliphatic rings. The van der Waals surface area contributed by atoms with E-state index in [0.29, 0.717) is 11.3 Å². The molecular weight excluding hydrogens is 403 g/mol. The molecule has 0 aromatic heterocycles. The number of nitrogens with zero attached hydrogens (tertiary/aromatic N) is 3. The molecule has 1 amide bonds. The summed E-state index contributed by atoms with van der Waals surface area (Å²) in [5, 5.41) is 3.41. The number of amides is 1. The molecule has 0 aromatic rings. The first-order chi connectivity index (χ1) is 10.3. The van der Waals surface area contributed by atoms with Gasteiger partial charge in [-0.3, -0.25) is 9.79 Å². The van der Waals surface area contributed by atoms with Gasteiger partial charge in [-0.25, -0.2) is 0 Å². The van der Waals surface area contributed by atoms with Crippen LogP contribution in [0.5, 0.6) is 0 Å². The third kappa shape index (κ3) is 4.31. The predicted octanol–water partition coefficient (Wildman–Crippen LogP) is 2.70. The fourth-order valence-corrected chi connectivity index (χ4v) is 3.18. The number of nitrogens with one attached hydrogen (secondary N) is 1. The minimum Gasteiger partial charge on any atom is -0.356 e. The number of rotatable bonds is 5. The molecule has 2 saturated heterocycles. The van der Waals surface area contributed by atoms with E-state index in [2.05, 4.69) is 44.8 Å². The summed E-state index contributed by atoms with van der Waals surface area (Å²) in [7, 11) is 0. The lowest BCUT2D eigenvalue weighted by molar-refractivity contribution is -0.127. The Kier molecular flexibility index (Phi) is 7.16. The van der Waals surface area contributed by atoms with Gasteiger partial charge in [0.2, 0.25) is 5.91 Å². The van der Waals surface area contributed by atoms with Crippen LogP contribution in [-0.4, -0.2) is 59.9 Å². The lowest BCUT2D eigenvalue weighted by Crippen LogP contribution is -2.72. The molecule has 2 rings (SSSR count). The molecule has 2 aliphatic heterocycles. The van der Waals surface area contributed by atoms with Crippen molar-refractivity contribution in [3.63, 3.8) is 0 Å². The highest BCUT2D eigenvalue weighted by Crippen LogP contribution is 2.46. The number of halogens is 1. The number of hydrogen-bond donors (Lipinski definition) is 1. The average molecular weight is 436 g/mol. The van der Waals surface area contributed by atoms with Gasteiger partial charge < -0.3 is 15.1 Å². The molecule has 0 unspecified atom stereocenters. The van der Waals surface area contributed by atoms with Gasteiger partial charge in [-0.1, -0.05) is 13.8 Å². The number of aliphatic imine (C=N–C) groups is 1. The molecule has 134 valence electrons. The van der Waals surface area contributed by atoms with Crippen LogP contribution >= 0.6 is 24.0 Å². The maximum Gasteiger partial charge on any atom is 0.222 e. The Bertz CT molecular complexity index is 448. The van der Waals surface area contributed by atoms with Crippen molar-refractivity contribution in [1.29, 1.82) is 0 Å². The van der Waals surface area contributed by atoms with Gasteiger partial charge in [0.05, 0.1) is 0 Å². The van der Waals surface area contributed by atoms with Crippen LogP contribution in [0.3, 0.4) is 0 Å². The number of hydrogen-bond acceptors (Lipinski definition) is 2. The van der Waals surface area contributed by atoms with Gasteiger partial charge >= 0.3 is 0 Å². The quantitative estimate of drug-likeness (QED) is 0.312. The molecule has 5 nitrogen and oxygen atoms in total. The Hall–Kier alpha value is -0.530. The Labute approximate surface area is 158 Å². The molecule has 2 heterocycles. The van der Waals surface area contributed by atoms with Crippen LogP contribution in [0, 0.1) is 5.41 Å². The Morgan fingerprint density at radius 2 is 2.00 bits per heavy atom. The Morgan fingerprint density at radius 3 is 2.48 bits per heavy atom. The SMILES string of the molecule is CCNC(=NCCCN1CCCC1=O)N1CC(C)(C)C1(C)C.I. The van der Waals surface area contributed by atoms with E-state index in [1.807, 2.05) is 4.90 Å². The monoisotopic (exact) mass is 436 g/mol. The normalized spacial score (nSPS) is 22.7. The zero-order chi connectivity index (χ0) is 16.4. The number of likely N-dealkylation sites (tertiary alicyclic amines) is 2. The largest absolute Gasteiger partial charge is 0.356 e. The molecule has 1 N–H and O–H groups in total. The average Bonchev–Trinajstić information content (AvgIpc) is 2.85. The lowest BCUT2D eigenvalue weighted by atomic mass is 9.65. The summed E-state index contributed by atoms with van der Waals surface area (Å²) in [6.07, 6.45) is 2.68. The number of carbonyl (C=O) groups excluding carboxylic acids is 1. The van der Waals surface area contributed by atoms with Gasteiger partial charge in [0.25, 0.3) is 0 Å². The van der Waals surface area contributed by atoms with Crippen molar-refractivity contribution in [3.05, 3.63) is 0 Å². The van der Waals surface area contributed by atoms with E-state index in [-0.39, 0.29) is 29.5 Å². The van der Waals surface area contributed by atoms with Crippen molar-refractivity contribution in [2.45, 2.75) is 59.4 Å². The van der Waals surface area contributed by atoms with Crippen LogP contribution < -0.4 is 5.32 Å². The summed E-state index contributed by atoms with van der Waals surface area (Å²) < 4.78 is 0. The zero-order valence-electron chi connectivity index (χ0n) is 15.3. The standard InChI is InChI=1S/C17H32N4O.HI/c1-6-18-15(21-13-16(2,3)17(21,4)5)19-10-8-12-20-11-7-9-14(20)22;/h6-13H2,1-5H3,(H,18,19);1H. The van der Waals surface area contributed by atoms with Gasteiger partial charge in [-0.2, -0.15) is 0 Å². The van der Waals surface area contributed by atoms with Crippen molar-refractivity contribution >= 4 is 35.8 Å². The summed E-state index contributed by atoms with van der Waals surface area (Å²) in [6, 6.07) is 0. The zero-order valence-corrected chi connectivity index (χ0v) is 17.6. The summed E-state index contributed by atoms with van der Waals surface area (Å²) in [5.74, 6) is 1.32. The van der Waals surface area contributed by atoms with Crippen LogP contribution in [-0.2, 0) is 4.79 Å². The molecule has 0 spiro atoms. The molecule has 0 atom stereocenters. The highest BCUT2D eigenvalue weighted by molar-refractivity contribution is 14.0. The second kappa shape index (κ2) is 8.03. The minimum atomic E-state index is 0. The van der Waals surface area contributed by atoms with E-state index in [0.717, 1.165) is 57.9 Å². The summed E-state index contributed by atoms with van der Waals surface area (Å²) in [6.45, 7) is 15.8. The van der Waals surface area contributed by atoms with Crippen molar-refractivity contribution in [2.24, 2.45) is 10.4 Å². The fourth-order valence-electron chi connectivity index (χ4n) is 3.18. The molecule has 0 saturated carbocycles. The van der Waals surface area contributed by atoms with Gasteiger partial charge in [0, 0.05) is 50.1 Å². The van der Waals surface area contributed by atoms with Crippen molar-refractivity contribution in [3.8, 4) is 0 Å². The maximum absolute atomic E-state index is 11.6. The van der Waals surface area contributed by atoms with Gasteiger partial charge in [0.1, 0.15) is 0 Å². The summed E-state index contributed by atoms with van der Waals surface area (Å²) >= 11 is 0. The fraction of sp³-hybridized carbons (Fsp3) is 0.882. The van der Waals surface area contributed by atoms with Crippen molar-refractivity contribution in [1.82, 2.24) is 15.1 Å². The van der Waals surface area contributed by atoms with Crippen LogP contribution in [0.4, 0.5) is 0 Å². The third-order valence-corrected chi connectivity index (χ3v) is 5.49. The first kappa shape index (κ1) is 20.5. The molecule has 0 bridgehead atoms. The Morgan fingerprint density at radius 1 is 1.30 bits per heavy atom. The second-order valence-electron chi connectivity index (χ2n) is 7.60. The van der Waals surface area contributed by atoms with Crippen molar-refractivity contribution < 1.29 is 4.79 Å². The molecule has 0 aromatic carbocycles. The topological polar surface area (TPSA) is 47.9 Å². The molecule has 2 fully saturated rings. The van der Waals surface area contributed by atoms with E-state index in [4.69, 9.17) is 4.99 Å². The van der Waals surface area contributed by atoms with E-state index < -0.39 is 0 Å². The van der Waals surface area contributed by atoms with E-state index in [9.17, 15) is 4.79 Å². The van der Waals surface area contributed by atoms with E-state index in [1.54, 1.807) is 0 Å². The highest BCUT2D eigenvalue weighted by atomic mass is 127. The molecule has 23 heavy (non-hydrogen) atoms. The number of guanidine groups is 1. The van der Waals surface area contributed by atoms with Crippen LogP contribution in [0.15, 0.2) is 4.99 Å². The molecule has 6 heteroatoms. The first-order valence-electron chi connectivity index (χ1n) is 8.63. The van der Waals surface area contributed by atoms with Gasteiger partial charge in [-0.05, 0) is 33.6 Å². The Balaban J connectivity index is 0.00000264. The first-order valence-corrected chi connectivity index (χ1v) is 8.63. The molecule has 0 radical (unpaired) electrons. The maximum atomic E-state index is 11.6. The predicted molar refractivity (Wildman–Crippen MR) is 106 cm³/mol. The van der Waals surface area contributed by atoms with Crippen LogP contribution in [0.2, 0.25) is 0 Å². The number of carbonyl (C=O) groups is 1. The lowest BCUT2D eigenvalue weighted by Gasteiger charge is -2.62. The van der Waals surface area contributed by atoms with Gasteiger partial charge in [0.15, 0.2) is 5.96 Å². The van der Waals surface area contributed by atoms with E-state index in [1.165, 1.54) is 0 Å². The smallest absolute Gasteiger partial charge is 0.222 e. The summed E-state index contributed by atoms with van der Waals surface area (Å²) in [5.41, 5.74) is 0.435. The van der Waals surface area contributed by atoms with Gasteiger partial charge in [-0.15, -0.1) is 24.0 Å². The summed E-state index contributed by atoms with van der Waals surface area (Å²) in [4.78, 5) is 20.7. The minimum absolute atomic E-state index is 0. The molecular formula is C17H33IN4O. The second-order valence-corrected chi connectivity index (χ2v) is 7.60. The third-order valence-electron chi connectivity index (χ3n) is 5.49. The molecule has 0 aliphatic carbocycles.